The normalized spacial score (nSPS) is 13.6. The van der Waals surface area contributed by atoms with Crippen LogP contribution in [-0.4, -0.2) is 29.2 Å². The maximum absolute atomic E-state index is 11.2. The van der Waals surface area contributed by atoms with Crippen molar-refractivity contribution in [3.05, 3.63) is 24.0 Å². The van der Waals surface area contributed by atoms with Crippen molar-refractivity contribution in [1.29, 1.82) is 0 Å². The van der Waals surface area contributed by atoms with E-state index < -0.39 is 5.97 Å². The summed E-state index contributed by atoms with van der Waals surface area (Å²) < 4.78 is 5.21. The summed E-state index contributed by atoms with van der Waals surface area (Å²) >= 11 is 0. The molecule has 5 nitrogen and oxygen atoms in total. The Morgan fingerprint density at radius 2 is 1.89 bits per heavy atom. The first kappa shape index (κ1) is 16.1. The molecule has 18 heavy (non-hydrogen) atoms. The summed E-state index contributed by atoms with van der Waals surface area (Å²) in [6.45, 7) is 3.68. The standard InChI is InChI=1S/C11H14O3.C2H4O2/c1-2-3-4-7-14-11-8-9(12)5-6-10(11)13;1-2(3)4/h5-6,8H,2-4,7H2,1H3;1H3,(H,3,4). The molecule has 0 aromatic carbocycles. The molecule has 0 saturated carbocycles. The summed E-state index contributed by atoms with van der Waals surface area (Å²) in [7, 11) is 0. The van der Waals surface area contributed by atoms with Crippen molar-refractivity contribution in [2.24, 2.45) is 0 Å². The quantitative estimate of drug-likeness (QED) is 0.598. The summed E-state index contributed by atoms with van der Waals surface area (Å²) in [5.74, 6) is -1.07. The molecule has 1 aliphatic rings. The molecule has 0 unspecified atom stereocenters. The second-order valence-electron chi connectivity index (χ2n) is 3.68. The molecule has 0 atom stereocenters. The molecule has 0 bridgehead atoms. The van der Waals surface area contributed by atoms with E-state index in [4.69, 9.17) is 14.6 Å². The van der Waals surface area contributed by atoms with Crippen molar-refractivity contribution in [1.82, 2.24) is 0 Å². The van der Waals surface area contributed by atoms with E-state index in [0.717, 1.165) is 26.2 Å². The lowest BCUT2D eigenvalue weighted by Crippen LogP contribution is -2.11. The van der Waals surface area contributed by atoms with Gasteiger partial charge in [0.15, 0.2) is 11.5 Å². The van der Waals surface area contributed by atoms with Crippen molar-refractivity contribution >= 4 is 17.5 Å². The van der Waals surface area contributed by atoms with E-state index in [-0.39, 0.29) is 17.3 Å². The Morgan fingerprint density at radius 1 is 1.28 bits per heavy atom. The zero-order valence-electron chi connectivity index (χ0n) is 10.6. The molecule has 1 N–H and O–H groups in total. The van der Waals surface area contributed by atoms with Crippen LogP contribution >= 0.6 is 0 Å². The third-order valence-electron chi connectivity index (χ3n) is 1.92. The van der Waals surface area contributed by atoms with Crippen LogP contribution in [0.25, 0.3) is 0 Å². The van der Waals surface area contributed by atoms with Crippen LogP contribution in [0.2, 0.25) is 0 Å². The van der Waals surface area contributed by atoms with Gasteiger partial charge in [-0.2, -0.15) is 0 Å². The second kappa shape index (κ2) is 9.15. The van der Waals surface area contributed by atoms with E-state index in [0.29, 0.717) is 6.61 Å². The van der Waals surface area contributed by atoms with E-state index in [2.05, 4.69) is 6.92 Å². The fourth-order valence-electron chi connectivity index (χ4n) is 1.14. The fourth-order valence-corrected chi connectivity index (χ4v) is 1.14. The van der Waals surface area contributed by atoms with Gasteiger partial charge < -0.3 is 9.84 Å². The Balaban J connectivity index is 0.000000631. The second-order valence-corrected chi connectivity index (χ2v) is 3.68. The fraction of sp³-hybridized carbons (Fsp3) is 0.462. The van der Waals surface area contributed by atoms with Gasteiger partial charge in [-0.25, -0.2) is 0 Å². The number of allylic oxidation sites excluding steroid dienone is 3. The molecule has 0 spiro atoms. The molecular weight excluding hydrogens is 236 g/mol. The maximum Gasteiger partial charge on any atom is 0.300 e. The summed E-state index contributed by atoms with van der Waals surface area (Å²) in [6.07, 6.45) is 6.84. The number of unbranched alkanes of at least 4 members (excludes halogenated alkanes) is 2. The average molecular weight is 254 g/mol. The van der Waals surface area contributed by atoms with Gasteiger partial charge in [-0.3, -0.25) is 14.4 Å². The number of carboxylic acids is 1. The van der Waals surface area contributed by atoms with Crippen LogP contribution in [-0.2, 0) is 19.1 Å². The molecule has 100 valence electrons. The number of hydrogen-bond donors (Lipinski definition) is 1. The number of ether oxygens (including phenoxy) is 1. The Labute approximate surface area is 106 Å². The van der Waals surface area contributed by atoms with Crippen LogP contribution in [0.4, 0.5) is 0 Å². The van der Waals surface area contributed by atoms with Crippen molar-refractivity contribution in [2.45, 2.75) is 33.1 Å². The Morgan fingerprint density at radius 3 is 2.44 bits per heavy atom. The number of rotatable bonds is 5. The van der Waals surface area contributed by atoms with Gasteiger partial charge in [-0.1, -0.05) is 19.8 Å². The SMILES string of the molecule is CC(=O)O.CCCCCOC1=CC(=O)C=CC1=O. The zero-order chi connectivity index (χ0) is 14.0. The van der Waals surface area contributed by atoms with Gasteiger partial charge in [-0.05, 0) is 18.6 Å². The highest BCUT2D eigenvalue weighted by Gasteiger charge is 2.13. The van der Waals surface area contributed by atoms with E-state index in [1.807, 2.05) is 0 Å². The molecule has 0 aromatic heterocycles. The third-order valence-corrected chi connectivity index (χ3v) is 1.92. The molecular formula is C13H18O5. The average Bonchev–Trinajstić information content (AvgIpc) is 2.28. The number of ketones is 2. The topological polar surface area (TPSA) is 80.7 Å². The Kier molecular flexibility index (Phi) is 8.18. The molecule has 0 amide bonds. The summed E-state index contributed by atoms with van der Waals surface area (Å²) in [6, 6.07) is 0. The molecule has 1 rings (SSSR count). The van der Waals surface area contributed by atoms with Crippen LogP contribution in [0, 0.1) is 0 Å². The summed E-state index contributed by atoms with van der Waals surface area (Å²) in [5, 5.41) is 7.42. The molecule has 5 heteroatoms. The number of carboxylic acid groups (broad SMARTS) is 1. The van der Waals surface area contributed by atoms with Crippen LogP contribution in [0.15, 0.2) is 24.0 Å². The third kappa shape index (κ3) is 8.27. The van der Waals surface area contributed by atoms with Crippen molar-refractivity contribution < 1.29 is 24.2 Å². The first-order chi connectivity index (χ1) is 8.47. The number of carbonyl (C=O) groups is 3. The molecule has 0 aromatic rings. The van der Waals surface area contributed by atoms with Gasteiger partial charge in [0.05, 0.1) is 6.61 Å². The number of hydrogen-bond acceptors (Lipinski definition) is 4. The molecule has 1 aliphatic carbocycles. The lowest BCUT2D eigenvalue weighted by molar-refractivity contribution is -0.134. The highest BCUT2D eigenvalue weighted by atomic mass is 16.5. The number of carbonyl (C=O) groups excluding carboxylic acids is 2. The molecule has 0 saturated heterocycles. The van der Waals surface area contributed by atoms with Crippen LogP contribution in [0.1, 0.15) is 33.1 Å². The molecule has 0 fully saturated rings. The van der Waals surface area contributed by atoms with E-state index in [1.54, 1.807) is 0 Å². The smallest absolute Gasteiger partial charge is 0.300 e. The van der Waals surface area contributed by atoms with Crippen molar-refractivity contribution in [3.63, 3.8) is 0 Å². The lowest BCUT2D eigenvalue weighted by Gasteiger charge is -2.08. The van der Waals surface area contributed by atoms with Gasteiger partial charge >= 0.3 is 0 Å². The van der Waals surface area contributed by atoms with Crippen molar-refractivity contribution in [3.8, 4) is 0 Å². The molecule has 0 heterocycles. The predicted molar refractivity (Wildman–Crippen MR) is 66.0 cm³/mol. The Bertz CT molecular complexity index is 362. The van der Waals surface area contributed by atoms with Gasteiger partial charge in [0.1, 0.15) is 0 Å². The van der Waals surface area contributed by atoms with E-state index >= 15 is 0 Å². The minimum atomic E-state index is -0.833. The minimum absolute atomic E-state index is 0.175. The first-order valence-corrected chi connectivity index (χ1v) is 5.77. The monoisotopic (exact) mass is 254 g/mol. The van der Waals surface area contributed by atoms with E-state index in [9.17, 15) is 9.59 Å². The maximum atomic E-state index is 11.2. The van der Waals surface area contributed by atoms with Gasteiger partial charge in [-0.15, -0.1) is 0 Å². The summed E-state index contributed by atoms with van der Waals surface area (Å²) in [4.78, 5) is 31.1. The molecule has 0 aliphatic heterocycles. The van der Waals surface area contributed by atoms with Gasteiger partial charge in [0.25, 0.3) is 5.97 Å². The van der Waals surface area contributed by atoms with Crippen LogP contribution in [0.5, 0.6) is 0 Å². The Hall–Kier alpha value is -1.91. The first-order valence-electron chi connectivity index (χ1n) is 5.77. The van der Waals surface area contributed by atoms with Gasteiger partial charge in [0, 0.05) is 13.0 Å². The van der Waals surface area contributed by atoms with Crippen molar-refractivity contribution in [2.75, 3.05) is 6.61 Å². The number of aliphatic carboxylic acids is 1. The lowest BCUT2D eigenvalue weighted by atomic mass is 10.1. The molecule has 0 radical (unpaired) electrons. The minimum Gasteiger partial charge on any atom is -0.489 e. The van der Waals surface area contributed by atoms with Gasteiger partial charge in [0.2, 0.25) is 5.78 Å². The highest BCUT2D eigenvalue weighted by Crippen LogP contribution is 2.08. The predicted octanol–water partition coefficient (Wildman–Crippen LogP) is 1.88. The zero-order valence-corrected chi connectivity index (χ0v) is 10.6. The van der Waals surface area contributed by atoms with E-state index in [1.165, 1.54) is 18.2 Å². The van der Waals surface area contributed by atoms with Crippen LogP contribution in [0.3, 0.4) is 0 Å². The highest BCUT2D eigenvalue weighted by molar-refractivity contribution is 6.16. The summed E-state index contributed by atoms with van der Waals surface area (Å²) in [5.41, 5.74) is 0. The van der Waals surface area contributed by atoms with Crippen LogP contribution < -0.4 is 0 Å². The largest absolute Gasteiger partial charge is 0.489 e.